The van der Waals surface area contributed by atoms with Crippen LogP contribution in [0.5, 0.6) is 5.75 Å². The quantitative estimate of drug-likeness (QED) is 0.163. The van der Waals surface area contributed by atoms with Gasteiger partial charge in [-0.15, -0.1) is 13.2 Å². The molecule has 2 bridgehead atoms. The van der Waals surface area contributed by atoms with Crippen LogP contribution in [0.4, 0.5) is 18.3 Å². The van der Waals surface area contributed by atoms with E-state index < -0.39 is 30.5 Å². The minimum atomic E-state index is -4.99. The molecule has 2 saturated carbocycles. The van der Waals surface area contributed by atoms with Gasteiger partial charge in [0.2, 0.25) is 0 Å². The average molecular weight is 656 g/mol. The van der Waals surface area contributed by atoms with Crippen molar-refractivity contribution in [2.24, 2.45) is 5.92 Å². The summed E-state index contributed by atoms with van der Waals surface area (Å²) < 4.78 is 55.3. The molecule has 2 aliphatic carbocycles. The molecule has 2 aromatic carbocycles. The van der Waals surface area contributed by atoms with Gasteiger partial charge in [0.15, 0.2) is 22.9 Å². The standard InChI is InChI=1S/C28H22Cl2F3N3O6S/c29-15-2-1-3-16(30)20(15)23-21(24(42-35-23)11-4-5-11)26(39)40-17-9-14-6-13(17)10-36(14)27-34-22-18(41-28(31,32)33)7-12(25(37)38)8-19(22)43-27/h1-3,7-8,11,13-14,17,25,37-38H,4-6,9-10H2/t13-,14-,17+/m0/s1. The number of fused-ring (bicyclic) bond motifs is 3. The molecular formula is C28H22Cl2F3N3O6S. The Hall–Kier alpha value is -3.10. The van der Waals surface area contributed by atoms with E-state index in [4.69, 9.17) is 32.5 Å². The lowest BCUT2D eigenvalue weighted by Gasteiger charge is -2.31. The highest BCUT2D eigenvalue weighted by Crippen LogP contribution is 2.48. The number of benzene rings is 2. The Morgan fingerprint density at radius 1 is 1.16 bits per heavy atom. The molecule has 2 aromatic heterocycles. The third-order valence-electron chi connectivity index (χ3n) is 8.05. The molecule has 0 amide bonds. The van der Waals surface area contributed by atoms with Crippen LogP contribution in [0.1, 0.15) is 59.6 Å². The van der Waals surface area contributed by atoms with Gasteiger partial charge in [0.25, 0.3) is 0 Å². The number of piperidine rings is 1. The Bertz CT molecular complexity index is 1720. The van der Waals surface area contributed by atoms with Gasteiger partial charge in [-0.25, -0.2) is 9.78 Å². The highest BCUT2D eigenvalue weighted by molar-refractivity contribution is 7.22. The highest BCUT2D eigenvalue weighted by Gasteiger charge is 2.48. The van der Waals surface area contributed by atoms with E-state index in [2.05, 4.69) is 14.9 Å². The molecule has 0 radical (unpaired) electrons. The van der Waals surface area contributed by atoms with Crippen LogP contribution >= 0.6 is 34.5 Å². The number of aliphatic hydroxyl groups excluding tert-OH is 1. The van der Waals surface area contributed by atoms with E-state index in [9.17, 15) is 28.2 Å². The zero-order chi connectivity index (χ0) is 30.2. The summed E-state index contributed by atoms with van der Waals surface area (Å²) in [5.41, 5.74) is 0.689. The summed E-state index contributed by atoms with van der Waals surface area (Å²) in [6, 6.07) is 7.23. The Balaban J connectivity index is 1.12. The maximum Gasteiger partial charge on any atom is 0.573 e. The van der Waals surface area contributed by atoms with Crippen molar-refractivity contribution >= 4 is 55.9 Å². The monoisotopic (exact) mass is 655 g/mol. The normalized spacial score (nSPS) is 21.8. The summed E-state index contributed by atoms with van der Waals surface area (Å²) in [6.07, 6.45) is -4.45. The fourth-order valence-electron chi connectivity index (χ4n) is 5.98. The summed E-state index contributed by atoms with van der Waals surface area (Å²) in [7, 11) is 0. The zero-order valence-corrected chi connectivity index (χ0v) is 24.3. The van der Waals surface area contributed by atoms with E-state index in [1.54, 1.807) is 18.2 Å². The van der Waals surface area contributed by atoms with Crippen molar-refractivity contribution in [3.05, 3.63) is 57.3 Å². The molecule has 226 valence electrons. The number of hydrogen-bond donors (Lipinski definition) is 2. The molecular weight excluding hydrogens is 634 g/mol. The number of aliphatic hydroxyl groups is 2. The second kappa shape index (κ2) is 10.5. The van der Waals surface area contributed by atoms with Crippen LogP contribution in [-0.2, 0) is 4.74 Å². The SMILES string of the molecule is O=C(O[C@@H]1C[C@@H]2C[C@H]1CN2c1nc2c(OC(F)(F)F)cc(C(O)O)cc2s1)c1c(-c2c(Cl)cccc2Cl)noc1C1CC1. The second-order valence-electron chi connectivity index (χ2n) is 10.9. The van der Waals surface area contributed by atoms with Gasteiger partial charge in [-0.05, 0) is 43.5 Å². The molecule has 7 rings (SSSR count). The Labute approximate surface area is 255 Å². The van der Waals surface area contributed by atoms with Gasteiger partial charge in [0.1, 0.15) is 22.9 Å². The Kier molecular flexibility index (Phi) is 7.01. The van der Waals surface area contributed by atoms with E-state index in [1.165, 1.54) is 6.07 Å². The number of alkyl halides is 3. The third-order valence-corrected chi connectivity index (χ3v) is 9.72. The maximum atomic E-state index is 13.6. The van der Waals surface area contributed by atoms with E-state index in [0.29, 0.717) is 50.6 Å². The van der Waals surface area contributed by atoms with Crippen LogP contribution in [0.2, 0.25) is 10.0 Å². The minimum absolute atomic E-state index is 0.0293. The van der Waals surface area contributed by atoms with Crippen LogP contribution in [0.3, 0.4) is 0 Å². The number of carbonyl (C=O) groups is 1. The predicted octanol–water partition coefficient (Wildman–Crippen LogP) is 6.84. The van der Waals surface area contributed by atoms with Gasteiger partial charge < -0.3 is 29.1 Å². The minimum Gasteiger partial charge on any atom is -0.458 e. The number of anilines is 1. The van der Waals surface area contributed by atoms with Crippen molar-refractivity contribution in [1.82, 2.24) is 10.1 Å². The van der Waals surface area contributed by atoms with E-state index in [-0.39, 0.29) is 40.2 Å². The number of hydrogen-bond acceptors (Lipinski definition) is 10. The number of carbonyl (C=O) groups excluding carboxylic acids is 1. The van der Waals surface area contributed by atoms with Crippen LogP contribution < -0.4 is 9.64 Å². The third kappa shape index (κ3) is 5.31. The van der Waals surface area contributed by atoms with Crippen molar-refractivity contribution in [3.8, 4) is 17.0 Å². The largest absolute Gasteiger partial charge is 0.573 e. The number of thiazole rings is 1. The number of rotatable bonds is 7. The smallest absolute Gasteiger partial charge is 0.458 e. The first-order chi connectivity index (χ1) is 20.5. The molecule has 3 atom stereocenters. The maximum absolute atomic E-state index is 13.6. The molecule has 15 heteroatoms. The van der Waals surface area contributed by atoms with Crippen LogP contribution in [-0.4, -0.2) is 51.4 Å². The molecule has 3 heterocycles. The summed E-state index contributed by atoms with van der Waals surface area (Å²) in [5, 5.41) is 24.4. The topological polar surface area (TPSA) is 118 Å². The van der Waals surface area contributed by atoms with Crippen molar-refractivity contribution in [1.29, 1.82) is 0 Å². The fraction of sp³-hybridized carbons (Fsp3) is 0.393. The van der Waals surface area contributed by atoms with E-state index >= 15 is 0 Å². The molecule has 0 unspecified atom stereocenters. The van der Waals surface area contributed by atoms with Crippen LogP contribution in [0.25, 0.3) is 21.5 Å². The first kappa shape index (κ1) is 28.7. The molecule has 1 saturated heterocycles. The summed E-state index contributed by atoms with van der Waals surface area (Å²) in [5.74, 6) is -0.695. The Morgan fingerprint density at radius 2 is 1.91 bits per heavy atom. The molecule has 3 fully saturated rings. The number of ether oxygens (including phenoxy) is 2. The lowest BCUT2D eigenvalue weighted by molar-refractivity contribution is -0.274. The van der Waals surface area contributed by atoms with Gasteiger partial charge in [-0.3, -0.25) is 0 Å². The van der Waals surface area contributed by atoms with Crippen LogP contribution in [0, 0.1) is 5.92 Å². The lowest BCUT2D eigenvalue weighted by atomic mass is 10.0. The van der Waals surface area contributed by atoms with Crippen molar-refractivity contribution in [2.45, 2.75) is 56.4 Å². The molecule has 9 nitrogen and oxygen atoms in total. The van der Waals surface area contributed by atoms with Gasteiger partial charge >= 0.3 is 12.3 Å². The molecule has 4 aromatic rings. The molecule has 1 aliphatic heterocycles. The van der Waals surface area contributed by atoms with Gasteiger partial charge in [-0.2, -0.15) is 0 Å². The number of aromatic nitrogens is 2. The summed E-state index contributed by atoms with van der Waals surface area (Å²) in [4.78, 5) is 20.0. The fourth-order valence-corrected chi connectivity index (χ4v) is 7.67. The van der Waals surface area contributed by atoms with Crippen molar-refractivity contribution < 1.29 is 42.2 Å². The highest BCUT2D eigenvalue weighted by atomic mass is 35.5. The van der Waals surface area contributed by atoms with Crippen molar-refractivity contribution in [3.63, 3.8) is 0 Å². The van der Waals surface area contributed by atoms with Gasteiger partial charge in [0, 0.05) is 42.0 Å². The molecule has 0 spiro atoms. The number of esters is 1. The summed E-state index contributed by atoms with van der Waals surface area (Å²) in [6.45, 7) is 0.468. The van der Waals surface area contributed by atoms with E-state index in [0.717, 1.165) is 30.2 Å². The van der Waals surface area contributed by atoms with Gasteiger partial charge in [-0.1, -0.05) is 45.8 Å². The average Bonchev–Trinajstić information content (AvgIpc) is 3.26. The van der Waals surface area contributed by atoms with Crippen molar-refractivity contribution in [2.75, 3.05) is 11.4 Å². The molecule has 2 N–H and O–H groups in total. The number of nitrogens with zero attached hydrogens (tertiary/aromatic N) is 3. The predicted molar refractivity (Wildman–Crippen MR) is 150 cm³/mol. The Morgan fingerprint density at radius 3 is 2.53 bits per heavy atom. The first-order valence-corrected chi connectivity index (χ1v) is 15.0. The molecule has 3 aliphatic rings. The zero-order valence-electron chi connectivity index (χ0n) is 22.0. The van der Waals surface area contributed by atoms with Crippen LogP contribution in [0.15, 0.2) is 34.9 Å². The molecule has 43 heavy (non-hydrogen) atoms. The van der Waals surface area contributed by atoms with Gasteiger partial charge in [0.05, 0.1) is 14.7 Å². The van der Waals surface area contributed by atoms with E-state index in [1.807, 2.05) is 4.90 Å². The lowest BCUT2D eigenvalue weighted by Crippen LogP contribution is -2.39. The second-order valence-corrected chi connectivity index (χ2v) is 12.7. The number of halogens is 5. The first-order valence-electron chi connectivity index (χ1n) is 13.4. The summed E-state index contributed by atoms with van der Waals surface area (Å²) >= 11 is 14.0.